The Bertz CT molecular complexity index is 449. The summed E-state index contributed by atoms with van der Waals surface area (Å²) in [4.78, 5) is 22.6. The monoisotopic (exact) mass is 266 g/mol. The molecule has 1 saturated heterocycles. The van der Waals surface area contributed by atoms with E-state index in [1.165, 1.54) is 4.57 Å². The number of hydrogen-bond acceptors (Lipinski definition) is 3. The maximum absolute atomic E-state index is 12.0. The highest BCUT2D eigenvalue weighted by atomic mass is 16.5. The van der Waals surface area contributed by atoms with Crippen LogP contribution in [0.15, 0.2) is 18.3 Å². The lowest BCUT2D eigenvalue weighted by atomic mass is 10.1. The van der Waals surface area contributed by atoms with Crippen LogP contribution in [0.4, 0.5) is 0 Å². The van der Waals surface area contributed by atoms with Gasteiger partial charge in [-0.3, -0.25) is 9.59 Å². The summed E-state index contributed by atoms with van der Waals surface area (Å²) in [5.41, 5.74) is 0.359. The number of amides is 1. The van der Waals surface area contributed by atoms with Crippen molar-refractivity contribution >= 4 is 11.9 Å². The Morgan fingerprint density at radius 2 is 2.32 bits per heavy atom. The second-order valence-corrected chi connectivity index (χ2v) is 4.61. The van der Waals surface area contributed by atoms with Gasteiger partial charge in [-0.1, -0.05) is 0 Å². The van der Waals surface area contributed by atoms with E-state index in [1.54, 1.807) is 18.3 Å². The Labute approximate surface area is 111 Å². The first kappa shape index (κ1) is 13.6. The van der Waals surface area contributed by atoms with Crippen LogP contribution < -0.4 is 5.32 Å². The largest absolute Gasteiger partial charge is 0.480 e. The molecule has 2 rings (SSSR count). The molecule has 1 aliphatic rings. The van der Waals surface area contributed by atoms with Crippen molar-refractivity contribution in [2.75, 3.05) is 13.2 Å². The van der Waals surface area contributed by atoms with Crippen LogP contribution in [-0.2, 0) is 16.1 Å². The zero-order chi connectivity index (χ0) is 13.7. The molecule has 1 atom stereocenters. The molecule has 0 aliphatic carbocycles. The predicted molar refractivity (Wildman–Crippen MR) is 68.0 cm³/mol. The van der Waals surface area contributed by atoms with Gasteiger partial charge in [0.25, 0.3) is 5.91 Å². The summed E-state index contributed by atoms with van der Waals surface area (Å²) in [5, 5.41) is 11.5. The molecule has 104 valence electrons. The van der Waals surface area contributed by atoms with Crippen LogP contribution in [0.25, 0.3) is 0 Å². The van der Waals surface area contributed by atoms with E-state index >= 15 is 0 Å². The van der Waals surface area contributed by atoms with Gasteiger partial charge in [-0.05, 0) is 31.4 Å². The summed E-state index contributed by atoms with van der Waals surface area (Å²) in [5.74, 6) is -1.23. The van der Waals surface area contributed by atoms with Crippen molar-refractivity contribution in [1.29, 1.82) is 0 Å². The van der Waals surface area contributed by atoms with Crippen LogP contribution in [-0.4, -0.2) is 40.8 Å². The molecule has 1 unspecified atom stereocenters. The smallest absolute Gasteiger partial charge is 0.323 e. The number of aliphatic carboxylic acids is 1. The summed E-state index contributed by atoms with van der Waals surface area (Å²) in [7, 11) is 0. The highest BCUT2D eigenvalue weighted by Gasteiger charge is 2.17. The summed E-state index contributed by atoms with van der Waals surface area (Å²) in [6.45, 7) is 1.00. The van der Waals surface area contributed by atoms with Crippen LogP contribution in [0, 0.1) is 0 Å². The Balaban J connectivity index is 1.88. The SMILES string of the molecule is O=C(O)Cn1cccc1C(=O)NCC1CCCCO1. The van der Waals surface area contributed by atoms with Gasteiger partial charge in [0.15, 0.2) is 0 Å². The summed E-state index contributed by atoms with van der Waals surface area (Å²) >= 11 is 0. The molecule has 1 amide bonds. The van der Waals surface area contributed by atoms with Crippen LogP contribution in [0.1, 0.15) is 29.8 Å². The molecular formula is C13H18N2O4. The number of carbonyl (C=O) groups is 2. The van der Waals surface area contributed by atoms with Crippen LogP contribution >= 0.6 is 0 Å². The van der Waals surface area contributed by atoms with Gasteiger partial charge in [0.05, 0.1) is 6.10 Å². The van der Waals surface area contributed by atoms with E-state index in [1.807, 2.05) is 0 Å². The van der Waals surface area contributed by atoms with E-state index in [9.17, 15) is 9.59 Å². The number of carbonyl (C=O) groups excluding carboxylic acids is 1. The fourth-order valence-electron chi connectivity index (χ4n) is 2.17. The Kier molecular flexibility index (Phi) is 4.57. The van der Waals surface area contributed by atoms with E-state index < -0.39 is 5.97 Å². The zero-order valence-electron chi connectivity index (χ0n) is 10.7. The molecule has 0 spiro atoms. The predicted octanol–water partition coefficient (Wildman–Crippen LogP) is 0.872. The van der Waals surface area contributed by atoms with Crippen molar-refractivity contribution in [1.82, 2.24) is 9.88 Å². The van der Waals surface area contributed by atoms with E-state index in [2.05, 4.69) is 5.32 Å². The Hall–Kier alpha value is -1.82. The quantitative estimate of drug-likeness (QED) is 0.828. The average molecular weight is 266 g/mol. The van der Waals surface area contributed by atoms with Crippen LogP contribution in [0.5, 0.6) is 0 Å². The second kappa shape index (κ2) is 6.38. The van der Waals surface area contributed by atoms with Crippen molar-refractivity contribution in [2.45, 2.75) is 31.9 Å². The summed E-state index contributed by atoms with van der Waals surface area (Å²) in [6, 6.07) is 3.27. The lowest BCUT2D eigenvalue weighted by Gasteiger charge is -2.22. The van der Waals surface area contributed by atoms with E-state index in [0.717, 1.165) is 25.9 Å². The summed E-state index contributed by atoms with van der Waals surface area (Å²) < 4.78 is 6.94. The molecule has 19 heavy (non-hydrogen) atoms. The number of aromatic nitrogens is 1. The molecule has 0 aromatic carbocycles. The number of carboxylic acid groups (broad SMARTS) is 1. The van der Waals surface area contributed by atoms with Crippen molar-refractivity contribution in [3.05, 3.63) is 24.0 Å². The molecule has 1 fully saturated rings. The maximum Gasteiger partial charge on any atom is 0.323 e. The number of carboxylic acids is 1. The first-order valence-electron chi connectivity index (χ1n) is 6.43. The normalized spacial score (nSPS) is 19.1. The molecule has 0 bridgehead atoms. The molecule has 1 aromatic rings. The van der Waals surface area contributed by atoms with Crippen molar-refractivity contribution in [3.63, 3.8) is 0 Å². The van der Waals surface area contributed by atoms with Gasteiger partial charge in [0.1, 0.15) is 12.2 Å². The number of hydrogen-bond donors (Lipinski definition) is 2. The van der Waals surface area contributed by atoms with E-state index in [-0.39, 0.29) is 18.6 Å². The lowest BCUT2D eigenvalue weighted by Crippen LogP contribution is -2.36. The molecule has 6 heteroatoms. The third-order valence-corrected chi connectivity index (χ3v) is 3.13. The minimum absolute atomic E-state index is 0.0700. The minimum Gasteiger partial charge on any atom is -0.480 e. The molecular weight excluding hydrogens is 248 g/mol. The van der Waals surface area contributed by atoms with Gasteiger partial charge in [0.2, 0.25) is 0 Å². The van der Waals surface area contributed by atoms with Crippen molar-refractivity contribution < 1.29 is 19.4 Å². The first-order chi connectivity index (χ1) is 9.16. The number of rotatable bonds is 5. The molecule has 2 N–H and O–H groups in total. The van der Waals surface area contributed by atoms with Gasteiger partial charge in [-0.25, -0.2) is 0 Å². The van der Waals surface area contributed by atoms with Crippen LogP contribution in [0.2, 0.25) is 0 Å². The standard InChI is InChI=1S/C13H18N2O4/c16-12(17)9-15-6-3-5-11(15)13(18)14-8-10-4-1-2-7-19-10/h3,5-6,10H,1-2,4,7-9H2,(H,14,18)(H,16,17). The maximum atomic E-state index is 12.0. The molecule has 1 aromatic heterocycles. The second-order valence-electron chi connectivity index (χ2n) is 4.61. The van der Waals surface area contributed by atoms with E-state index in [0.29, 0.717) is 12.2 Å². The minimum atomic E-state index is -0.971. The topological polar surface area (TPSA) is 80.6 Å². The van der Waals surface area contributed by atoms with Crippen LogP contribution in [0.3, 0.4) is 0 Å². The summed E-state index contributed by atoms with van der Waals surface area (Å²) in [6.07, 6.45) is 4.80. The van der Waals surface area contributed by atoms with Gasteiger partial charge in [-0.2, -0.15) is 0 Å². The van der Waals surface area contributed by atoms with Crippen molar-refractivity contribution in [3.8, 4) is 0 Å². The van der Waals surface area contributed by atoms with Gasteiger partial charge < -0.3 is 19.7 Å². The van der Waals surface area contributed by atoms with Gasteiger partial charge in [0, 0.05) is 19.3 Å². The molecule has 0 radical (unpaired) electrons. The number of nitrogens with one attached hydrogen (secondary N) is 1. The Morgan fingerprint density at radius 1 is 1.47 bits per heavy atom. The average Bonchev–Trinajstić information content (AvgIpc) is 2.84. The van der Waals surface area contributed by atoms with Gasteiger partial charge >= 0.3 is 5.97 Å². The zero-order valence-corrected chi connectivity index (χ0v) is 10.7. The highest BCUT2D eigenvalue weighted by molar-refractivity contribution is 5.93. The fourth-order valence-corrected chi connectivity index (χ4v) is 2.17. The Morgan fingerprint density at radius 3 is 3.00 bits per heavy atom. The molecule has 2 heterocycles. The number of ether oxygens (including phenoxy) is 1. The highest BCUT2D eigenvalue weighted by Crippen LogP contribution is 2.12. The van der Waals surface area contributed by atoms with Crippen molar-refractivity contribution in [2.24, 2.45) is 0 Å². The third-order valence-electron chi connectivity index (χ3n) is 3.13. The third kappa shape index (κ3) is 3.82. The number of nitrogens with zero attached hydrogens (tertiary/aromatic N) is 1. The van der Waals surface area contributed by atoms with Gasteiger partial charge in [-0.15, -0.1) is 0 Å². The van der Waals surface area contributed by atoms with E-state index in [4.69, 9.17) is 9.84 Å². The molecule has 6 nitrogen and oxygen atoms in total. The molecule has 1 aliphatic heterocycles. The first-order valence-corrected chi connectivity index (χ1v) is 6.43. The lowest BCUT2D eigenvalue weighted by molar-refractivity contribution is -0.137. The fraction of sp³-hybridized carbons (Fsp3) is 0.538. The molecule has 0 saturated carbocycles.